The van der Waals surface area contributed by atoms with Crippen LogP contribution in [0.15, 0.2) is 64.5 Å². The van der Waals surface area contributed by atoms with Crippen LogP contribution in [0.25, 0.3) is 0 Å². The van der Waals surface area contributed by atoms with Crippen LogP contribution in [0.2, 0.25) is 0 Å². The summed E-state index contributed by atoms with van der Waals surface area (Å²) in [6, 6.07) is 14.3. The summed E-state index contributed by atoms with van der Waals surface area (Å²) in [5.41, 5.74) is 0.0374. The molecule has 1 aromatic heterocycles. The zero-order valence-electron chi connectivity index (χ0n) is 16.4. The van der Waals surface area contributed by atoms with Crippen molar-refractivity contribution in [1.82, 2.24) is 9.97 Å². The third kappa shape index (κ3) is 6.31. The largest absolute Gasteiger partial charge is 0.495 e. The van der Waals surface area contributed by atoms with Gasteiger partial charge in [-0.1, -0.05) is 30.0 Å². The fourth-order valence-electron chi connectivity index (χ4n) is 2.53. The van der Waals surface area contributed by atoms with E-state index in [4.69, 9.17) is 9.47 Å². The first-order chi connectivity index (χ1) is 14.9. The number of nitrogens with zero attached hydrogens (tertiary/aromatic N) is 2. The summed E-state index contributed by atoms with van der Waals surface area (Å²) in [4.78, 5) is 41.4. The number of H-pyrrole nitrogens is 1. The van der Waals surface area contributed by atoms with Crippen molar-refractivity contribution in [3.05, 3.63) is 80.8 Å². The van der Waals surface area contributed by atoms with E-state index in [1.165, 1.54) is 31.4 Å². The van der Waals surface area contributed by atoms with Crippen molar-refractivity contribution in [3.63, 3.8) is 0 Å². The molecule has 0 aliphatic carbocycles. The molecule has 0 fully saturated rings. The fourth-order valence-corrected chi connectivity index (χ4v) is 3.22. The Balaban J connectivity index is 1.62. The second kappa shape index (κ2) is 10.3. The lowest BCUT2D eigenvalue weighted by molar-refractivity contribution is -0.384. The molecule has 31 heavy (non-hydrogen) atoms. The van der Waals surface area contributed by atoms with Crippen LogP contribution in [0.4, 0.5) is 11.4 Å². The number of aromatic amines is 1. The second-order valence-corrected chi connectivity index (χ2v) is 7.09. The van der Waals surface area contributed by atoms with Crippen LogP contribution in [0.1, 0.15) is 5.69 Å². The number of aromatic nitrogens is 2. The van der Waals surface area contributed by atoms with Gasteiger partial charge in [-0.2, -0.15) is 0 Å². The number of carbonyl (C=O) groups is 1. The molecular formula is C20H18N4O6S. The summed E-state index contributed by atoms with van der Waals surface area (Å²) in [5, 5.41) is 13.8. The number of methoxy groups -OCH3 is 1. The lowest BCUT2D eigenvalue weighted by atomic mass is 10.2. The van der Waals surface area contributed by atoms with E-state index in [1.807, 2.05) is 18.2 Å². The highest BCUT2D eigenvalue weighted by atomic mass is 32.2. The van der Waals surface area contributed by atoms with Gasteiger partial charge in [-0.15, -0.1) is 0 Å². The Labute approximate surface area is 180 Å². The van der Waals surface area contributed by atoms with Crippen molar-refractivity contribution in [2.24, 2.45) is 0 Å². The van der Waals surface area contributed by atoms with Crippen molar-refractivity contribution < 1.29 is 19.2 Å². The standard InChI is InChI=1S/C20H18N4O6S/c1-29-17-8-7-14(24(27)28)10-16(17)22-19(26)12-31-20-21-13(9-18(25)23-20)11-30-15-5-3-2-4-6-15/h2-10H,11-12H2,1H3,(H,22,26)(H,21,23,25). The number of benzene rings is 2. The van der Waals surface area contributed by atoms with Gasteiger partial charge >= 0.3 is 0 Å². The van der Waals surface area contributed by atoms with Crippen LogP contribution < -0.4 is 20.3 Å². The van der Waals surface area contributed by atoms with E-state index in [1.54, 1.807) is 12.1 Å². The molecule has 10 nitrogen and oxygen atoms in total. The van der Waals surface area contributed by atoms with E-state index < -0.39 is 10.8 Å². The summed E-state index contributed by atoms with van der Waals surface area (Å²) in [6.45, 7) is 0.0958. The molecule has 0 aliphatic rings. The van der Waals surface area contributed by atoms with Crippen molar-refractivity contribution in [1.29, 1.82) is 0 Å². The molecule has 0 spiro atoms. The molecule has 2 N–H and O–H groups in total. The van der Waals surface area contributed by atoms with Gasteiger partial charge in [0.15, 0.2) is 5.16 Å². The van der Waals surface area contributed by atoms with Crippen LogP contribution in [-0.4, -0.2) is 33.7 Å². The summed E-state index contributed by atoms with van der Waals surface area (Å²) in [6.07, 6.45) is 0. The number of non-ortho nitro benzene ring substituents is 1. The maximum absolute atomic E-state index is 12.3. The molecule has 160 valence electrons. The molecule has 1 amide bonds. The average Bonchev–Trinajstić information content (AvgIpc) is 2.76. The molecule has 11 heteroatoms. The molecule has 1 heterocycles. The third-order valence-electron chi connectivity index (χ3n) is 3.91. The highest BCUT2D eigenvalue weighted by Gasteiger charge is 2.14. The van der Waals surface area contributed by atoms with E-state index in [0.29, 0.717) is 11.4 Å². The predicted octanol–water partition coefficient (Wildman–Crippen LogP) is 3.00. The van der Waals surface area contributed by atoms with Crippen molar-refractivity contribution in [3.8, 4) is 11.5 Å². The van der Waals surface area contributed by atoms with E-state index in [9.17, 15) is 19.7 Å². The predicted molar refractivity (Wildman–Crippen MR) is 115 cm³/mol. The van der Waals surface area contributed by atoms with Gasteiger partial charge in [0.2, 0.25) is 5.91 Å². The molecule has 0 saturated heterocycles. The minimum absolute atomic E-state index is 0.0855. The van der Waals surface area contributed by atoms with E-state index in [-0.39, 0.29) is 40.2 Å². The zero-order chi connectivity index (χ0) is 22.2. The van der Waals surface area contributed by atoms with Gasteiger partial charge in [0.25, 0.3) is 11.2 Å². The SMILES string of the molecule is COc1ccc([N+](=O)[O-])cc1NC(=O)CSc1nc(COc2ccccc2)cc(=O)[nH]1. The molecule has 0 bridgehead atoms. The molecule has 0 radical (unpaired) electrons. The van der Waals surface area contributed by atoms with Gasteiger partial charge < -0.3 is 19.8 Å². The first kappa shape index (κ1) is 21.8. The Morgan fingerprint density at radius 3 is 2.71 bits per heavy atom. The maximum atomic E-state index is 12.3. The number of hydrogen-bond acceptors (Lipinski definition) is 8. The van der Waals surface area contributed by atoms with E-state index in [2.05, 4.69) is 15.3 Å². The lowest BCUT2D eigenvalue weighted by Gasteiger charge is -2.10. The summed E-state index contributed by atoms with van der Waals surface area (Å²) in [5.74, 6) is 0.398. The van der Waals surface area contributed by atoms with Crippen LogP contribution >= 0.6 is 11.8 Å². The normalized spacial score (nSPS) is 10.4. The number of para-hydroxylation sites is 1. The molecule has 0 aliphatic heterocycles. The molecule has 0 saturated carbocycles. The highest BCUT2D eigenvalue weighted by Crippen LogP contribution is 2.29. The smallest absolute Gasteiger partial charge is 0.271 e. The molecule has 0 atom stereocenters. The van der Waals surface area contributed by atoms with Crippen molar-refractivity contribution in [2.45, 2.75) is 11.8 Å². The Morgan fingerprint density at radius 1 is 1.23 bits per heavy atom. The first-order valence-corrected chi connectivity index (χ1v) is 9.96. The van der Waals surface area contributed by atoms with Gasteiger partial charge in [0.1, 0.15) is 18.1 Å². The molecule has 3 aromatic rings. The first-order valence-electron chi connectivity index (χ1n) is 8.98. The summed E-state index contributed by atoms with van der Waals surface area (Å²) >= 11 is 1.01. The number of carbonyl (C=O) groups excluding carboxylic acids is 1. The van der Waals surface area contributed by atoms with Crippen molar-refractivity contribution >= 4 is 29.0 Å². The number of nitro groups is 1. The number of hydrogen-bond donors (Lipinski definition) is 2. The topological polar surface area (TPSA) is 136 Å². The summed E-state index contributed by atoms with van der Waals surface area (Å²) in [7, 11) is 1.39. The number of nitrogens with one attached hydrogen (secondary N) is 2. The fraction of sp³-hybridized carbons (Fsp3) is 0.150. The monoisotopic (exact) mass is 442 g/mol. The van der Waals surface area contributed by atoms with Gasteiger partial charge in [-0.3, -0.25) is 19.7 Å². The van der Waals surface area contributed by atoms with Crippen LogP contribution in [-0.2, 0) is 11.4 Å². The highest BCUT2D eigenvalue weighted by molar-refractivity contribution is 7.99. The molecule has 2 aromatic carbocycles. The Hall–Kier alpha value is -3.86. The third-order valence-corrected chi connectivity index (χ3v) is 4.78. The van der Waals surface area contributed by atoms with E-state index in [0.717, 1.165) is 11.8 Å². The van der Waals surface area contributed by atoms with Crippen LogP contribution in [0.3, 0.4) is 0 Å². The number of nitro benzene ring substituents is 1. The van der Waals surface area contributed by atoms with Gasteiger partial charge in [-0.25, -0.2) is 4.98 Å². The van der Waals surface area contributed by atoms with Crippen molar-refractivity contribution in [2.75, 3.05) is 18.2 Å². The number of rotatable bonds is 9. The van der Waals surface area contributed by atoms with Gasteiger partial charge in [-0.05, 0) is 18.2 Å². The lowest BCUT2D eigenvalue weighted by Crippen LogP contribution is -2.16. The van der Waals surface area contributed by atoms with Gasteiger partial charge in [0, 0.05) is 18.2 Å². The van der Waals surface area contributed by atoms with E-state index >= 15 is 0 Å². The van der Waals surface area contributed by atoms with Gasteiger partial charge in [0.05, 0.1) is 29.2 Å². The number of ether oxygens (including phenoxy) is 2. The van der Waals surface area contributed by atoms with Crippen LogP contribution in [0.5, 0.6) is 11.5 Å². The molecule has 0 unspecified atom stereocenters. The molecule has 3 rings (SSSR count). The minimum Gasteiger partial charge on any atom is -0.495 e. The number of thioether (sulfide) groups is 1. The quantitative estimate of drug-likeness (QED) is 0.223. The Morgan fingerprint density at radius 2 is 2.00 bits per heavy atom. The summed E-state index contributed by atoms with van der Waals surface area (Å²) < 4.78 is 10.7. The Bertz CT molecular complexity index is 1140. The average molecular weight is 442 g/mol. The minimum atomic E-state index is -0.568. The second-order valence-electron chi connectivity index (χ2n) is 6.12. The maximum Gasteiger partial charge on any atom is 0.271 e. The zero-order valence-corrected chi connectivity index (χ0v) is 17.2. The van der Waals surface area contributed by atoms with Crippen LogP contribution in [0, 0.1) is 10.1 Å². The Kier molecular flexibility index (Phi) is 7.22. The number of amides is 1. The molecular weight excluding hydrogens is 424 g/mol. The number of anilines is 1.